The number of thiocarbonyl (C=S) groups is 1. The normalized spacial score (nSPS) is 1.85. The monoisotopic (exact) mass is 277 g/mol. The Kier molecular flexibility index (Phi) is 277. The van der Waals surface area contributed by atoms with Crippen LogP contribution in [-0.2, 0) is 0 Å². The molecule has 0 aromatic rings. The van der Waals surface area contributed by atoms with E-state index < -0.39 is 0 Å². The Bertz CT molecular complexity index is 116. The molecule has 0 unspecified atom stereocenters. The summed E-state index contributed by atoms with van der Waals surface area (Å²) in [6.45, 7) is 0. The van der Waals surface area contributed by atoms with E-state index in [1.165, 1.54) is 15.0 Å². The Morgan fingerprint density at radius 1 is 0.923 bits per heavy atom. The van der Waals surface area contributed by atoms with Gasteiger partial charge in [0, 0.05) is 0 Å². The topological polar surface area (TPSA) is 140 Å². The fourth-order valence-electron chi connectivity index (χ4n) is 0. The molecule has 0 saturated carbocycles. The first-order chi connectivity index (χ1) is 4.24. The minimum atomic E-state index is 0. The maximum Gasteiger partial charge on any atom is 1.00 e. The Labute approximate surface area is 195 Å². The summed E-state index contributed by atoms with van der Waals surface area (Å²) in [4.78, 5) is 3.00. The van der Waals surface area contributed by atoms with Crippen molar-refractivity contribution in [3.63, 3.8) is 0 Å². The number of hydrogen-bond donors (Lipinski definition) is 0. The van der Waals surface area contributed by atoms with E-state index in [1.54, 1.807) is 0 Å². The minimum absolute atomic E-state index is 0. The van der Waals surface area contributed by atoms with Crippen LogP contribution < -0.4 is 132 Å². The smallest absolute Gasteiger partial charge is 0.753 e. The van der Waals surface area contributed by atoms with Crippen molar-refractivity contribution in [3.8, 4) is 0 Å². The molecule has 0 aromatic heterocycles. The summed E-state index contributed by atoms with van der Waals surface area (Å²) in [6.07, 6.45) is 0. The Hall–Kier alpha value is 3.04. The number of rotatable bonds is 0. The van der Waals surface area contributed by atoms with Gasteiger partial charge in [0.15, 0.2) is 0 Å². The third-order valence-electron chi connectivity index (χ3n) is 0. The van der Waals surface area contributed by atoms with Crippen LogP contribution in [0.5, 0.6) is 0 Å². The molecule has 0 amide bonds. The van der Waals surface area contributed by atoms with Crippen molar-refractivity contribution in [1.82, 2.24) is 0 Å². The summed E-state index contributed by atoms with van der Waals surface area (Å²) in [5.41, 5.74) is 27.0. The number of isothiocyanates is 1. The molecular weight excluding hydrogens is 275 g/mol. The predicted octanol–water partition coefficient (Wildman–Crippen LogP) is -6.48. The Morgan fingerprint density at radius 2 is 0.923 bits per heavy atom. The molecule has 0 heterocycles. The van der Waals surface area contributed by atoms with E-state index in [1.807, 2.05) is 0 Å². The third kappa shape index (κ3) is 276. The molecule has 0 aliphatic carbocycles. The fourth-order valence-corrected chi connectivity index (χ4v) is 0. The summed E-state index contributed by atoms with van der Waals surface area (Å²) in [6, 6.07) is 0. The summed E-state index contributed by atoms with van der Waals surface area (Å²) < 4.78 is 0. The first-order valence-electron chi connectivity index (χ1n) is 1.23. The van der Waals surface area contributed by atoms with Crippen molar-refractivity contribution < 1.29 is 132 Å². The zero-order chi connectivity index (χ0) is 8.12. The molecule has 56 valence electrons. The minimum Gasteiger partial charge on any atom is -0.753 e. The SMILES string of the molecule is S.[K+].[K+].[N-]=C=S.[N-]=[N+]=[N-].[N-]=[N+]=[N-].[Na+]. The summed E-state index contributed by atoms with van der Waals surface area (Å²) in [7, 11) is 0. The molecule has 0 aliphatic heterocycles. The summed E-state index contributed by atoms with van der Waals surface area (Å²) in [5.74, 6) is 0. The van der Waals surface area contributed by atoms with Crippen LogP contribution in [0.25, 0.3) is 37.4 Å². The van der Waals surface area contributed by atoms with Crippen molar-refractivity contribution in [2.24, 2.45) is 0 Å². The van der Waals surface area contributed by atoms with Gasteiger partial charge in [-0.2, -0.15) is 18.7 Å². The molecule has 0 aliphatic rings. The number of hydrogen-bond acceptors (Lipinski definition) is 1. The van der Waals surface area contributed by atoms with Gasteiger partial charge in [-0.15, -0.1) is 0 Å². The van der Waals surface area contributed by atoms with E-state index in [4.69, 9.17) is 27.5 Å². The molecule has 0 aromatic carbocycles. The van der Waals surface area contributed by atoms with Gasteiger partial charge in [0.25, 0.3) is 0 Å². The molecule has 0 rings (SSSR count). The maximum atomic E-state index is 7.13. The van der Waals surface area contributed by atoms with E-state index in [9.17, 15) is 0 Å². The van der Waals surface area contributed by atoms with Crippen molar-refractivity contribution in [3.05, 3.63) is 37.4 Å². The second-order valence-electron chi connectivity index (χ2n) is 0.270. The molecular formula is CH2K2N7NaS2. The van der Waals surface area contributed by atoms with Gasteiger partial charge in [-0.25, -0.2) is 0 Å². The second-order valence-corrected chi connectivity index (χ2v) is 0.453. The zero-order valence-corrected chi connectivity index (χ0v) is 17.6. The molecule has 13 heavy (non-hydrogen) atoms. The Balaban J connectivity index is -0.00000000720. The average molecular weight is 277 g/mol. The number of nitrogens with zero attached hydrogens (tertiary/aromatic N) is 7. The van der Waals surface area contributed by atoms with Crippen LogP contribution in [0, 0.1) is 0 Å². The second kappa shape index (κ2) is 81.2. The molecule has 0 fully saturated rings. The van der Waals surface area contributed by atoms with Crippen LogP contribution in [0.1, 0.15) is 0 Å². The molecule has 0 atom stereocenters. The fraction of sp³-hybridized carbons (Fsp3) is 0. The van der Waals surface area contributed by atoms with Gasteiger partial charge < -0.3 is 27.5 Å². The van der Waals surface area contributed by atoms with Crippen molar-refractivity contribution in [2.45, 2.75) is 0 Å². The Morgan fingerprint density at radius 3 is 0.923 bits per heavy atom. The van der Waals surface area contributed by atoms with E-state index in [-0.39, 0.29) is 146 Å². The third-order valence-corrected chi connectivity index (χ3v) is 0. The van der Waals surface area contributed by atoms with Crippen LogP contribution in [0.4, 0.5) is 0 Å². The average Bonchev–Trinajstić information content (AvgIpc) is 1.70. The van der Waals surface area contributed by atoms with Gasteiger partial charge >= 0.3 is 132 Å². The first kappa shape index (κ1) is 44.4. The van der Waals surface area contributed by atoms with E-state index >= 15 is 0 Å². The van der Waals surface area contributed by atoms with Crippen molar-refractivity contribution in [1.29, 1.82) is 0 Å². The molecule has 0 saturated heterocycles. The predicted molar refractivity (Wildman–Crippen MR) is 46.5 cm³/mol. The molecule has 0 N–H and O–H groups in total. The van der Waals surface area contributed by atoms with E-state index in [0.717, 1.165) is 0 Å². The van der Waals surface area contributed by atoms with Gasteiger partial charge in [-0.05, 0) is 0 Å². The first-order valence-corrected chi connectivity index (χ1v) is 1.64. The maximum absolute atomic E-state index is 7.13. The largest absolute Gasteiger partial charge is 1.00 e. The van der Waals surface area contributed by atoms with Crippen LogP contribution >= 0.6 is 25.7 Å². The van der Waals surface area contributed by atoms with Gasteiger partial charge in [0.2, 0.25) is 0 Å². The molecule has 7 nitrogen and oxygen atoms in total. The summed E-state index contributed by atoms with van der Waals surface area (Å²) >= 11 is 3.70. The van der Waals surface area contributed by atoms with Crippen LogP contribution in [0.15, 0.2) is 0 Å². The van der Waals surface area contributed by atoms with Gasteiger partial charge in [0.05, 0.1) is 0 Å². The standard InChI is InChI=1S/CNS.2K.2N3.Na.H2S/c2-1-3;;;2*1-3-2;;/h;;;;;;1H2/q-1;2*+1;2*-1;+1;. The zero-order valence-electron chi connectivity index (χ0n) is 7.54. The van der Waals surface area contributed by atoms with E-state index in [2.05, 4.69) is 12.2 Å². The van der Waals surface area contributed by atoms with Crippen molar-refractivity contribution >= 4 is 30.9 Å². The van der Waals surface area contributed by atoms with Crippen LogP contribution in [0.3, 0.4) is 0 Å². The van der Waals surface area contributed by atoms with E-state index in [0.29, 0.717) is 0 Å². The van der Waals surface area contributed by atoms with Crippen LogP contribution in [-0.4, -0.2) is 5.16 Å². The quantitative estimate of drug-likeness (QED) is 0.107. The molecule has 0 spiro atoms. The summed E-state index contributed by atoms with van der Waals surface area (Å²) in [5, 5.41) is 8.47. The molecule has 12 heteroatoms. The molecule has 0 radical (unpaired) electrons. The van der Waals surface area contributed by atoms with Crippen LogP contribution in [0.2, 0.25) is 0 Å². The van der Waals surface area contributed by atoms with Crippen molar-refractivity contribution in [2.75, 3.05) is 0 Å². The van der Waals surface area contributed by atoms with Gasteiger partial charge in [-0.3, -0.25) is 9.82 Å². The van der Waals surface area contributed by atoms with Gasteiger partial charge in [-0.1, -0.05) is 12.2 Å². The van der Waals surface area contributed by atoms with Gasteiger partial charge in [0.1, 0.15) is 0 Å². The molecule has 0 bridgehead atoms.